The minimum Gasteiger partial charge on any atom is -0.481 e. The molecule has 0 saturated carbocycles. The number of hydrogen-bond acceptors (Lipinski definition) is 5. The highest BCUT2D eigenvalue weighted by molar-refractivity contribution is 7.99. The maximum absolute atomic E-state index is 11.2. The van der Waals surface area contributed by atoms with Gasteiger partial charge in [-0.3, -0.25) is 4.79 Å². The first-order valence-corrected chi connectivity index (χ1v) is 10.9. The zero-order valence-corrected chi connectivity index (χ0v) is 17.5. The third-order valence-electron chi connectivity index (χ3n) is 4.94. The molecule has 1 heterocycles. The standard InChI is InChI=1S/C23H26N2O4S/c1-2-18(22(28)29)19(27)13-17(26)14-30-23-24-20(15-9-5-3-6-10-15)21(25-23)16-11-7-4-8-12-16/h3-12,17-19,26-27H,2,13-14H2,1H3,(H,24,25)(H,28,29)/t17-,18?,19-/m0/s1. The van der Waals surface area contributed by atoms with Crippen LogP contribution < -0.4 is 0 Å². The average molecular weight is 427 g/mol. The molecule has 2 aromatic carbocycles. The number of carbonyl (C=O) groups is 1. The number of nitrogens with one attached hydrogen (secondary N) is 1. The van der Waals surface area contributed by atoms with Gasteiger partial charge in [-0.25, -0.2) is 4.98 Å². The van der Waals surface area contributed by atoms with E-state index >= 15 is 0 Å². The van der Waals surface area contributed by atoms with Crippen molar-refractivity contribution in [1.82, 2.24) is 9.97 Å². The Balaban J connectivity index is 1.74. The number of aromatic nitrogens is 2. The van der Waals surface area contributed by atoms with E-state index in [9.17, 15) is 15.0 Å². The molecular weight excluding hydrogens is 400 g/mol. The highest BCUT2D eigenvalue weighted by Crippen LogP contribution is 2.33. The molecule has 6 nitrogen and oxygen atoms in total. The van der Waals surface area contributed by atoms with E-state index in [-0.39, 0.29) is 6.42 Å². The average Bonchev–Trinajstić information content (AvgIpc) is 3.18. The number of hydrogen-bond donors (Lipinski definition) is 4. The van der Waals surface area contributed by atoms with E-state index in [1.807, 2.05) is 60.7 Å². The van der Waals surface area contributed by atoms with Crippen LogP contribution in [0.1, 0.15) is 19.8 Å². The zero-order chi connectivity index (χ0) is 21.5. The lowest BCUT2D eigenvalue weighted by atomic mass is 9.95. The van der Waals surface area contributed by atoms with Crippen molar-refractivity contribution in [2.24, 2.45) is 5.92 Å². The predicted molar refractivity (Wildman–Crippen MR) is 118 cm³/mol. The largest absolute Gasteiger partial charge is 0.481 e. The molecule has 0 radical (unpaired) electrons. The van der Waals surface area contributed by atoms with Gasteiger partial charge in [0, 0.05) is 23.3 Å². The number of aliphatic hydroxyl groups excluding tert-OH is 2. The Hall–Kier alpha value is -2.61. The Morgan fingerprint density at radius 3 is 2.20 bits per heavy atom. The first-order valence-electron chi connectivity index (χ1n) is 9.92. The van der Waals surface area contributed by atoms with Gasteiger partial charge in [0.25, 0.3) is 0 Å². The first-order chi connectivity index (χ1) is 14.5. The Morgan fingerprint density at radius 2 is 1.63 bits per heavy atom. The third kappa shape index (κ3) is 5.50. The van der Waals surface area contributed by atoms with Gasteiger partial charge in [-0.05, 0) is 6.42 Å². The summed E-state index contributed by atoms with van der Waals surface area (Å²) in [6, 6.07) is 19.8. The molecule has 1 unspecified atom stereocenters. The Kier molecular flexibility index (Phi) is 7.68. The number of imidazole rings is 1. The number of benzene rings is 2. The SMILES string of the molecule is CCC(C(=O)O)[C@@H](O)C[C@H](O)CSc1nc(-c2ccccc2)c(-c2ccccc2)[nH]1. The third-order valence-corrected chi connectivity index (χ3v) is 5.96. The van der Waals surface area contributed by atoms with Crippen molar-refractivity contribution >= 4 is 17.7 Å². The van der Waals surface area contributed by atoms with Gasteiger partial charge < -0.3 is 20.3 Å². The van der Waals surface area contributed by atoms with Crippen LogP contribution in [0.4, 0.5) is 0 Å². The molecule has 0 aliphatic carbocycles. The molecule has 0 aliphatic heterocycles. The number of carboxylic acid groups (broad SMARTS) is 1. The lowest BCUT2D eigenvalue weighted by Crippen LogP contribution is -2.31. The molecule has 0 saturated heterocycles. The molecule has 0 amide bonds. The molecular formula is C23H26N2O4S. The van der Waals surface area contributed by atoms with E-state index in [4.69, 9.17) is 10.1 Å². The summed E-state index contributed by atoms with van der Waals surface area (Å²) in [4.78, 5) is 19.2. The number of carboxylic acids is 1. The van der Waals surface area contributed by atoms with Crippen molar-refractivity contribution in [3.8, 4) is 22.5 Å². The van der Waals surface area contributed by atoms with Gasteiger partial charge in [0.2, 0.25) is 0 Å². The molecule has 0 bridgehead atoms. The fourth-order valence-corrected chi connectivity index (χ4v) is 4.15. The van der Waals surface area contributed by atoms with E-state index in [2.05, 4.69) is 4.98 Å². The molecule has 30 heavy (non-hydrogen) atoms. The van der Waals surface area contributed by atoms with Crippen molar-refractivity contribution in [3.05, 3.63) is 60.7 Å². The molecule has 1 aromatic heterocycles. The summed E-state index contributed by atoms with van der Waals surface area (Å²) in [6.45, 7) is 1.71. The van der Waals surface area contributed by atoms with Crippen molar-refractivity contribution < 1.29 is 20.1 Å². The van der Waals surface area contributed by atoms with Crippen molar-refractivity contribution in [1.29, 1.82) is 0 Å². The summed E-state index contributed by atoms with van der Waals surface area (Å²) in [7, 11) is 0. The lowest BCUT2D eigenvalue weighted by Gasteiger charge is -2.20. The van der Waals surface area contributed by atoms with Crippen LogP contribution in [0.2, 0.25) is 0 Å². The second kappa shape index (κ2) is 10.4. The summed E-state index contributed by atoms with van der Waals surface area (Å²) in [5.41, 5.74) is 3.73. The maximum Gasteiger partial charge on any atom is 0.309 e. The van der Waals surface area contributed by atoms with E-state index in [1.165, 1.54) is 11.8 Å². The number of nitrogens with zero attached hydrogens (tertiary/aromatic N) is 1. The molecule has 7 heteroatoms. The Labute approximate surface area is 180 Å². The molecule has 158 valence electrons. The normalized spacial score (nSPS) is 14.2. The minimum atomic E-state index is -1.08. The molecule has 3 atom stereocenters. The van der Waals surface area contributed by atoms with Gasteiger partial charge in [0.1, 0.15) is 0 Å². The quantitative estimate of drug-likeness (QED) is 0.364. The number of aliphatic hydroxyl groups is 2. The molecule has 4 N–H and O–H groups in total. The van der Waals surface area contributed by atoms with Gasteiger partial charge >= 0.3 is 5.97 Å². The smallest absolute Gasteiger partial charge is 0.309 e. The predicted octanol–water partition coefficient (Wildman–Crippen LogP) is 4.06. The number of rotatable bonds is 10. The number of H-pyrrole nitrogens is 1. The monoisotopic (exact) mass is 426 g/mol. The van der Waals surface area contributed by atoms with Gasteiger partial charge in [-0.1, -0.05) is 79.3 Å². The van der Waals surface area contributed by atoms with E-state index in [0.717, 1.165) is 22.5 Å². The summed E-state index contributed by atoms with van der Waals surface area (Å²) in [6.07, 6.45) is -1.60. The Morgan fingerprint density at radius 1 is 1.03 bits per heavy atom. The van der Waals surface area contributed by atoms with E-state index in [1.54, 1.807) is 6.92 Å². The van der Waals surface area contributed by atoms with Gasteiger partial charge in [-0.2, -0.15) is 0 Å². The van der Waals surface area contributed by atoms with Gasteiger partial charge in [0.05, 0.1) is 29.5 Å². The van der Waals surface area contributed by atoms with Crippen molar-refractivity contribution in [3.63, 3.8) is 0 Å². The van der Waals surface area contributed by atoms with Crippen LogP contribution in [0.3, 0.4) is 0 Å². The molecule has 3 rings (SSSR count). The summed E-state index contributed by atoms with van der Waals surface area (Å²) < 4.78 is 0. The lowest BCUT2D eigenvalue weighted by molar-refractivity contribution is -0.146. The highest BCUT2D eigenvalue weighted by Gasteiger charge is 2.27. The fourth-order valence-electron chi connectivity index (χ4n) is 3.34. The second-order valence-corrected chi connectivity index (χ2v) is 8.13. The van der Waals surface area contributed by atoms with Crippen molar-refractivity contribution in [2.75, 3.05) is 5.75 Å². The van der Waals surface area contributed by atoms with Crippen LogP contribution in [0, 0.1) is 5.92 Å². The Bertz CT molecular complexity index is 889. The van der Waals surface area contributed by atoms with E-state index in [0.29, 0.717) is 17.3 Å². The van der Waals surface area contributed by atoms with Crippen LogP contribution in [-0.4, -0.2) is 49.2 Å². The molecule has 3 aromatic rings. The van der Waals surface area contributed by atoms with Crippen LogP contribution >= 0.6 is 11.8 Å². The molecule has 0 fully saturated rings. The maximum atomic E-state index is 11.2. The van der Waals surface area contributed by atoms with Crippen molar-refractivity contribution in [2.45, 2.75) is 37.1 Å². The van der Waals surface area contributed by atoms with Crippen LogP contribution in [0.5, 0.6) is 0 Å². The van der Waals surface area contributed by atoms with Gasteiger partial charge in [0.15, 0.2) is 5.16 Å². The van der Waals surface area contributed by atoms with E-state index < -0.39 is 24.1 Å². The second-order valence-electron chi connectivity index (χ2n) is 7.12. The number of thioether (sulfide) groups is 1. The summed E-state index contributed by atoms with van der Waals surface area (Å²) in [5.74, 6) is -1.62. The number of aliphatic carboxylic acids is 1. The van der Waals surface area contributed by atoms with Crippen LogP contribution in [-0.2, 0) is 4.79 Å². The topological polar surface area (TPSA) is 106 Å². The fraction of sp³-hybridized carbons (Fsp3) is 0.304. The summed E-state index contributed by atoms with van der Waals surface area (Å²) in [5, 5.41) is 30.2. The zero-order valence-electron chi connectivity index (χ0n) is 16.7. The van der Waals surface area contributed by atoms with Crippen LogP contribution in [0.15, 0.2) is 65.8 Å². The first kappa shape index (κ1) is 22.1. The summed E-state index contributed by atoms with van der Waals surface area (Å²) >= 11 is 1.35. The van der Waals surface area contributed by atoms with Crippen LogP contribution in [0.25, 0.3) is 22.5 Å². The number of aromatic amines is 1. The van der Waals surface area contributed by atoms with Gasteiger partial charge in [-0.15, -0.1) is 0 Å². The minimum absolute atomic E-state index is 0.00952. The highest BCUT2D eigenvalue weighted by atomic mass is 32.2. The molecule has 0 aliphatic rings. The molecule has 0 spiro atoms.